The molecule has 1 atom stereocenters. The summed E-state index contributed by atoms with van der Waals surface area (Å²) in [4.78, 5) is 0.0880. The number of sulfonamides is 1. The number of rotatable bonds is 3. The Labute approximate surface area is 101 Å². The monoisotopic (exact) mass is 258 g/mol. The summed E-state index contributed by atoms with van der Waals surface area (Å²) >= 11 is 0. The van der Waals surface area contributed by atoms with Crippen LogP contribution in [0.25, 0.3) is 0 Å². The first-order valence-electron chi connectivity index (χ1n) is 5.75. The maximum absolute atomic E-state index is 12.4. The van der Waals surface area contributed by atoms with Crippen LogP contribution in [0.15, 0.2) is 11.1 Å². The molecule has 0 radical (unpaired) electrons. The van der Waals surface area contributed by atoms with Crippen LogP contribution < -0.4 is 5.73 Å². The van der Waals surface area contributed by atoms with E-state index >= 15 is 0 Å². The molecule has 0 aromatic carbocycles. The normalized spacial score (nSPS) is 22.4. The molecule has 0 bridgehead atoms. The number of H-pyrrole nitrogens is 1. The van der Waals surface area contributed by atoms with Gasteiger partial charge in [0.25, 0.3) is 0 Å². The summed E-state index contributed by atoms with van der Waals surface area (Å²) in [5.41, 5.74) is 5.59. The number of nitrogens with zero attached hydrogens (tertiary/aromatic N) is 2. The summed E-state index contributed by atoms with van der Waals surface area (Å²) in [7, 11) is -3.51. The molecule has 17 heavy (non-hydrogen) atoms. The third kappa shape index (κ3) is 2.04. The lowest BCUT2D eigenvalue weighted by atomic mass is 10.0. The summed E-state index contributed by atoms with van der Waals surface area (Å²) in [6.07, 6.45) is 3.09. The van der Waals surface area contributed by atoms with E-state index in [0.29, 0.717) is 12.5 Å². The van der Waals surface area contributed by atoms with Crippen molar-refractivity contribution < 1.29 is 8.42 Å². The molecule has 1 aliphatic rings. The fourth-order valence-corrected chi connectivity index (χ4v) is 4.18. The van der Waals surface area contributed by atoms with Gasteiger partial charge in [0.2, 0.25) is 10.0 Å². The lowest BCUT2D eigenvalue weighted by molar-refractivity contribution is 0.316. The Morgan fingerprint density at radius 2 is 2.29 bits per heavy atom. The molecule has 1 fully saturated rings. The zero-order valence-electron chi connectivity index (χ0n) is 10.0. The fraction of sp³-hybridized carbons (Fsp3) is 0.700. The van der Waals surface area contributed by atoms with Gasteiger partial charge >= 0.3 is 0 Å². The molecule has 1 unspecified atom stereocenters. The van der Waals surface area contributed by atoms with E-state index in [-0.39, 0.29) is 16.8 Å². The van der Waals surface area contributed by atoms with E-state index < -0.39 is 10.0 Å². The van der Waals surface area contributed by atoms with Crippen molar-refractivity contribution in [1.29, 1.82) is 0 Å². The molecule has 1 aromatic rings. The topological polar surface area (TPSA) is 92.1 Å². The first-order chi connectivity index (χ1) is 7.94. The van der Waals surface area contributed by atoms with Gasteiger partial charge in [-0.05, 0) is 18.8 Å². The predicted molar refractivity (Wildman–Crippen MR) is 64.8 cm³/mol. The van der Waals surface area contributed by atoms with Crippen molar-refractivity contribution in [3.05, 3.63) is 6.20 Å². The summed E-state index contributed by atoms with van der Waals surface area (Å²) in [6, 6.07) is 0.0642. The molecule has 0 amide bonds. The molecule has 1 aliphatic heterocycles. The van der Waals surface area contributed by atoms with E-state index in [1.807, 2.05) is 13.8 Å². The molecular weight excluding hydrogens is 240 g/mol. The molecule has 6 nitrogen and oxygen atoms in total. The van der Waals surface area contributed by atoms with Crippen molar-refractivity contribution in [3.8, 4) is 0 Å². The van der Waals surface area contributed by atoms with Crippen LogP contribution in [0.3, 0.4) is 0 Å². The third-order valence-electron chi connectivity index (χ3n) is 3.24. The number of anilines is 1. The molecule has 0 aliphatic carbocycles. The standard InChI is InChI=1S/C10H18N4O2S/c1-7(2)8-4-3-5-14(8)17(15,16)9-6-12-13-10(9)11/h6-8H,3-5H2,1-2H3,(H3,11,12,13). The van der Waals surface area contributed by atoms with Crippen LogP contribution in [-0.4, -0.2) is 35.5 Å². The molecule has 2 heterocycles. The summed E-state index contributed by atoms with van der Waals surface area (Å²) in [5.74, 6) is 0.416. The van der Waals surface area contributed by atoms with E-state index in [2.05, 4.69) is 10.2 Å². The molecular formula is C10H18N4O2S. The van der Waals surface area contributed by atoms with Gasteiger partial charge in [0.05, 0.1) is 6.20 Å². The van der Waals surface area contributed by atoms with Crippen molar-refractivity contribution in [2.24, 2.45) is 5.92 Å². The Morgan fingerprint density at radius 1 is 1.59 bits per heavy atom. The molecule has 7 heteroatoms. The number of nitrogens with two attached hydrogens (primary N) is 1. The Hall–Kier alpha value is -1.08. The maximum atomic E-state index is 12.4. The molecule has 1 saturated heterocycles. The smallest absolute Gasteiger partial charge is 0.248 e. The van der Waals surface area contributed by atoms with Crippen LogP contribution >= 0.6 is 0 Å². The fourth-order valence-electron chi connectivity index (χ4n) is 2.35. The van der Waals surface area contributed by atoms with Crippen LogP contribution in [0, 0.1) is 5.92 Å². The summed E-state index contributed by atoms with van der Waals surface area (Å²) < 4.78 is 26.4. The predicted octanol–water partition coefficient (Wildman–Crippen LogP) is 0.801. The van der Waals surface area contributed by atoms with E-state index in [9.17, 15) is 8.42 Å². The quantitative estimate of drug-likeness (QED) is 0.838. The second-order valence-electron chi connectivity index (χ2n) is 4.72. The number of aromatic amines is 1. The van der Waals surface area contributed by atoms with Gasteiger partial charge in [-0.1, -0.05) is 13.8 Å². The molecule has 0 saturated carbocycles. The van der Waals surface area contributed by atoms with Gasteiger partial charge < -0.3 is 5.73 Å². The first-order valence-corrected chi connectivity index (χ1v) is 7.19. The molecule has 1 aromatic heterocycles. The third-order valence-corrected chi connectivity index (χ3v) is 5.19. The number of nitrogens with one attached hydrogen (secondary N) is 1. The van der Waals surface area contributed by atoms with Gasteiger partial charge in [0.15, 0.2) is 0 Å². The average molecular weight is 258 g/mol. The highest BCUT2D eigenvalue weighted by Gasteiger charge is 2.38. The largest absolute Gasteiger partial charge is 0.383 e. The van der Waals surface area contributed by atoms with Gasteiger partial charge in [-0.25, -0.2) is 8.42 Å². The van der Waals surface area contributed by atoms with Gasteiger partial charge in [0.1, 0.15) is 10.7 Å². The van der Waals surface area contributed by atoms with Gasteiger partial charge in [-0.15, -0.1) is 0 Å². The highest BCUT2D eigenvalue weighted by atomic mass is 32.2. The maximum Gasteiger partial charge on any atom is 0.248 e. The molecule has 2 rings (SSSR count). The average Bonchev–Trinajstić information content (AvgIpc) is 2.84. The minimum Gasteiger partial charge on any atom is -0.383 e. The molecule has 3 N–H and O–H groups in total. The van der Waals surface area contributed by atoms with Crippen LogP contribution in [0.4, 0.5) is 5.82 Å². The minimum atomic E-state index is -3.51. The van der Waals surface area contributed by atoms with Crippen molar-refractivity contribution in [1.82, 2.24) is 14.5 Å². The van der Waals surface area contributed by atoms with Gasteiger partial charge in [-0.2, -0.15) is 9.40 Å². The van der Waals surface area contributed by atoms with Gasteiger partial charge in [-0.3, -0.25) is 5.10 Å². The summed E-state index contributed by atoms with van der Waals surface area (Å²) in [5, 5.41) is 6.14. The second kappa shape index (κ2) is 4.30. The zero-order valence-corrected chi connectivity index (χ0v) is 10.9. The SMILES string of the molecule is CC(C)C1CCCN1S(=O)(=O)c1cn[nH]c1N. The highest BCUT2D eigenvalue weighted by molar-refractivity contribution is 7.89. The number of hydrogen-bond donors (Lipinski definition) is 2. The van der Waals surface area contributed by atoms with Crippen LogP contribution in [0.5, 0.6) is 0 Å². The molecule has 0 spiro atoms. The van der Waals surface area contributed by atoms with Crippen molar-refractivity contribution >= 4 is 15.8 Å². The Morgan fingerprint density at radius 3 is 2.82 bits per heavy atom. The van der Waals surface area contributed by atoms with E-state index in [1.54, 1.807) is 4.31 Å². The summed E-state index contributed by atoms with van der Waals surface area (Å²) in [6.45, 7) is 4.64. The van der Waals surface area contributed by atoms with Crippen molar-refractivity contribution in [2.45, 2.75) is 37.6 Å². The highest BCUT2D eigenvalue weighted by Crippen LogP contribution is 2.31. The number of nitrogen functional groups attached to an aromatic ring is 1. The van der Waals surface area contributed by atoms with E-state index in [4.69, 9.17) is 5.73 Å². The molecule has 96 valence electrons. The Bertz CT molecular complexity index is 494. The lowest BCUT2D eigenvalue weighted by Crippen LogP contribution is -2.38. The van der Waals surface area contributed by atoms with Gasteiger partial charge in [0, 0.05) is 12.6 Å². The van der Waals surface area contributed by atoms with Crippen LogP contribution in [0.1, 0.15) is 26.7 Å². The first kappa shape index (κ1) is 12.4. The second-order valence-corrected chi connectivity index (χ2v) is 6.58. The zero-order chi connectivity index (χ0) is 12.6. The Balaban J connectivity index is 2.36. The van der Waals surface area contributed by atoms with Crippen molar-refractivity contribution in [2.75, 3.05) is 12.3 Å². The van der Waals surface area contributed by atoms with E-state index in [0.717, 1.165) is 12.8 Å². The van der Waals surface area contributed by atoms with Crippen molar-refractivity contribution in [3.63, 3.8) is 0 Å². The minimum absolute atomic E-state index is 0.0642. The van der Waals surface area contributed by atoms with E-state index in [1.165, 1.54) is 6.20 Å². The number of aromatic nitrogens is 2. The number of hydrogen-bond acceptors (Lipinski definition) is 4. The Kier molecular flexibility index (Phi) is 3.13. The lowest BCUT2D eigenvalue weighted by Gasteiger charge is -2.26. The van der Waals surface area contributed by atoms with Crippen LogP contribution in [-0.2, 0) is 10.0 Å². The van der Waals surface area contributed by atoms with Crippen LogP contribution in [0.2, 0.25) is 0 Å².